The van der Waals surface area contributed by atoms with E-state index in [9.17, 15) is 0 Å². The predicted octanol–water partition coefficient (Wildman–Crippen LogP) is 3.39. The fraction of sp³-hybridized carbons (Fsp3) is 1.00. The second kappa shape index (κ2) is 9.81. The molecule has 0 aromatic carbocycles. The number of nitrogens with one attached hydrogen (secondary N) is 1. The summed E-state index contributed by atoms with van der Waals surface area (Å²) in [5.74, 6) is 2.31. The van der Waals surface area contributed by atoms with Gasteiger partial charge in [0.15, 0.2) is 0 Å². The van der Waals surface area contributed by atoms with Crippen molar-refractivity contribution in [2.24, 2.45) is 17.8 Å². The highest BCUT2D eigenvalue weighted by molar-refractivity contribution is 4.94. The van der Waals surface area contributed by atoms with Crippen LogP contribution in [-0.2, 0) is 4.74 Å². The van der Waals surface area contributed by atoms with E-state index in [1.807, 2.05) is 7.11 Å². The summed E-state index contributed by atoms with van der Waals surface area (Å²) in [5.41, 5.74) is 0. The van der Waals surface area contributed by atoms with E-state index in [1.54, 1.807) is 0 Å². The molecule has 126 valence electrons. The molecule has 0 amide bonds. The molecule has 3 heteroatoms. The van der Waals surface area contributed by atoms with Crippen molar-refractivity contribution in [3.05, 3.63) is 0 Å². The largest absolute Gasteiger partial charge is 0.383 e. The maximum absolute atomic E-state index is 5.36. The van der Waals surface area contributed by atoms with Crippen LogP contribution >= 0.6 is 0 Å². The van der Waals surface area contributed by atoms with Gasteiger partial charge in [0.25, 0.3) is 0 Å². The molecule has 0 heterocycles. The first kappa shape index (κ1) is 18.9. The number of methoxy groups -OCH3 is 1. The van der Waals surface area contributed by atoms with Crippen LogP contribution in [0.5, 0.6) is 0 Å². The second-order valence-electron chi connectivity index (χ2n) is 7.49. The van der Waals surface area contributed by atoms with Crippen molar-refractivity contribution in [2.45, 2.75) is 66.0 Å². The summed E-state index contributed by atoms with van der Waals surface area (Å²) in [6, 6.07) is 1.30. The number of ether oxygens (including phenoxy) is 1. The van der Waals surface area contributed by atoms with E-state index in [-0.39, 0.29) is 0 Å². The van der Waals surface area contributed by atoms with E-state index >= 15 is 0 Å². The standard InChI is InChI=1S/C18H38N2O/c1-7-8-19-17-12-15(4)11-16(5)18(17)20(9-10-21-6)13-14(2)3/h14-19H,7-13H2,1-6H3. The zero-order valence-corrected chi connectivity index (χ0v) is 15.2. The number of nitrogens with zero attached hydrogens (tertiary/aromatic N) is 1. The van der Waals surface area contributed by atoms with Crippen molar-refractivity contribution in [2.75, 3.05) is 33.4 Å². The van der Waals surface area contributed by atoms with Crippen LogP contribution in [0.3, 0.4) is 0 Å². The van der Waals surface area contributed by atoms with Crippen molar-refractivity contribution < 1.29 is 4.74 Å². The summed E-state index contributed by atoms with van der Waals surface area (Å²) in [6.07, 6.45) is 3.89. The molecule has 1 aliphatic carbocycles. The topological polar surface area (TPSA) is 24.5 Å². The maximum atomic E-state index is 5.36. The molecule has 0 spiro atoms. The molecule has 21 heavy (non-hydrogen) atoms. The Morgan fingerprint density at radius 1 is 1.24 bits per heavy atom. The molecule has 1 saturated carbocycles. The molecule has 0 aliphatic heterocycles. The van der Waals surface area contributed by atoms with Gasteiger partial charge in [-0.3, -0.25) is 4.90 Å². The molecule has 1 aliphatic rings. The van der Waals surface area contributed by atoms with Crippen LogP contribution in [0.4, 0.5) is 0 Å². The first-order valence-electron chi connectivity index (χ1n) is 8.95. The van der Waals surface area contributed by atoms with Gasteiger partial charge in [0.1, 0.15) is 0 Å². The third-order valence-electron chi connectivity index (χ3n) is 4.69. The highest BCUT2D eigenvalue weighted by Crippen LogP contribution is 2.32. The van der Waals surface area contributed by atoms with Crippen LogP contribution in [-0.4, -0.2) is 50.3 Å². The molecule has 0 radical (unpaired) electrons. The molecule has 3 nitrogen and oxygen atoms in total. The summed E-state index contributed by atoms with van der Waals surface area (Å²) in [7, 11) is 1.81. The van der Waals surface area contributed by atoms with E-state index in [0.29, 0.717) is 18.0 Å². The molecule has 0 bridgehead atoms. The van der Waals surface area contributed by atoms with Gasteiger partial charge in [-0.2, -0.15) is 0 Å². The van der Waals surface area contributed by atoms with E-state index in [4.69, 9.17) is 4.74 Å². The SMILES string of the molecule is CCCNC1CC(C)CC(C)C1N(CCOC)CC(C)C. The molecule has 4 atom stereocenters. The second-order valence-corrected chi connectivity index (χ2v) is 7.49. The quantitative estimate of drug-likeness (QED) is 0.706. The first-order chi connectivity index (χ1) is 9.99. The van der Waals surface area contributed by atoms with E-state index in [1.165, 1.54) is 25.8 Å². The molecule has 0 aromatic rings. The Labute approximate surface area is 132 Å². The highest BCUT2D eigenvalue weighted by atomic mass is 16.5. The average Bonchev–Trinajstić information content (AvgIpc) is 2.40. The lowest BCUT2D eigenvalue weighted by atomic mass is 9.75. The van der Waals surface area contributed by atoms with Crippen LogP contribution < -0.4 is 5.32 Å². The Morgan fingerprint density at radius 2 is 1.95 bits per heavy atom. The Bertz CT molecular complexity index is 270. The summed E-state index contributed by atoms with van der Waals surface area (Å²) in [5, 5.41) is 3.83. The highest BCUT2D eigenvalue weighted by Gasteiger charge is 2.37. The van der Waals surface area contributed by atoms with Crippen LogP contribution in [0.1, 0.15) is 53.9 Å². The van der Waals surface area contributed by atoms with Gasteiger partial charge in [-0.25, -0.2) is 0 Å². The van der Waals surface area contributed by atoms with Gasteiger partial charge < -0.3 is 10.1 Å². The van der Waals surface area contributed by atoms with Gasteiger partial charge in [-0.05, 0) is 43.6 Å². The molecule has 1 fully saturated rings. The van der Waals surface area contributed by atoms with Crippen molar-refractivity contribution in [3.63, 3.8) is 0 Å². The lowest BCUT2D eigenvalue weighted by Crippen LogP contribution is -2.58. The number of hydrogen-bond acceptors (Lipinski definition) is 3. The van der Waals surface area contributed by atoms with Gasteiger partial charge in [0.05, 0.1) is 6.61 Å². The van der Waals surface area contributed by atoms with E-state index in [0.717, 1.165) is 31.5 Å². The first-order valence-corrected chi connectivity index (χ1v) is 8.95. The summed E-state index contributed by atoms with van der Waals surface area (Å²) >= 11 is 0. The zero-order valence-electron chi connectivity index (χ0n) is 15.2. The third kappa shape index (κ3) is 6.25. The van der Waals surface area contributed by atoms with Crippen LogP contribution in [0.25, 0.3) is 0 Å². The molecular formula is C18H38N2O. The molecule has 1 rings (SSSR count). The normalized spacial score (nSPS) is 30.3. The average molecular weight is 299 g/mol. The lowest BCUT2D eigenvalue weighted by Gasteiger charge is -2.46. The van der Waals surface area contributed by atoms with Crippen LogP contribution in [0.2, 0.25) is 0 Å². The summed E-state index contributed by atoms with van der Waals surface area (Å²) < 4.78 is 5.36. The molecule has 4 unspecified atom stereocenters. The number of rotatable bonds is 9. The minimum absolute atomic E-state index is 0.638. The molecule has 0 aromatic heterocycles. The Balaban J connectivity index is 2.80. The third-order valence-corrected chi connectivity index (χ3v) is 4.69. The summed E-state index contributed by atoms with van der Waals surface area (Å²) in [6.45, 7) is 16.0. The predicted molar refractivity (Wildman–Crippen MR) is 91.7 cm³/mol. The van der Waals surface area contributed by atoms with Crippen molar-refractivity contribution in [1.82, 2.24) is 10.2 Å². The minimum atomic E-state index is 0.638. The zero-order chi connectivity index (χ0) is 15.8. The van der Waals surface area contributed by atoms with E-state index < -0.39 is 0 Å². The van der Waals surface area contributed by atoms with Gasteiger partial charge in [-0.1, -0.05) is 34.6 Å². The minimum Gasteiger partial charge on any atom is -0.383 e. The Kier molecular flexibility index (Phi) is 8.84. The van der Waals surface area contributed by atoms with Crippen molar-refractivity contribution >= 4 is 0 Å². The van der Waals surface area contributed by atoms with Gasteiger partial charge >= 0.3 is 0 Å². The lowest BCUT2D eigenvalue weighted by molar-refractivity contribution is 0.0342. The van der Waals surface area contributed by atoms with Crippen LogP contribution in [0.15, 0.2) is 0 Å². The maximum Gasteiger partial charge on any atom is 0.0589 e. The fourth-order valence-electron chi connectivity index (χ4n) is 4.03. The molecule has 1 N–H and O–H groups in total. The Hall–Kier alpha value is -0.120. The summed E-state index contributed by atoms with van der Waals surface area (Å²) in [4.78, 5) is 2.69. The van der Waals surface area contributed by atoms with Gasteiger partial charge in [0, 0.05) is 32.3 Å². The number of hydrogen-bond donors (Lipinski definition) is 1. The van der Waals surface area contributed by atoms with Gasteiger partial charge in [-0.15, -0.1) is 0 Å². The molecule has 0 saturated heterocycles. The molecular weight excluding hydrogens is 260 g/mol. The van der Waals surface area contributed by atoms with Crippen molar-refractivity contribution in [3.8, 4) is 0 Å². The monoisotopic (exact) mass is 298 g/mol. The smallest absolute Gasteiger partial charge is 0.0589 e. The van der Waals surface area contributed by atoms with Crippen LogP contribution in [0, 0.1) is 17.8 Å². The van der Waals surface area contributed by atoms with Gasteiger partial charge in [0.2, 0.25) is 0 Å². The van der Waals surface area contributed by atoms with Crippen molar-refractivity contribution in [1.29, 1.82) is 0 Å². The Morgan fingerprint density at radius 3 is 2.52 bits per heavy atom. The van der Waals surface area contributed by atoms with E-state index in [2.05, 4.69) is 44.8 Å². The fourth-order valence-corrected chi connectivity index (χ4v) is 4.03.